The fraction of sp³-hybridized carbons (Fsp3) is 0.333. The molecule has 0 aliphatic carbocycles. The fourth-order valence-electron chi connectivity index (χ4n) is 3.27. The maximum Gasteiger partial charge on any atom is 0.338 e. The summed E-state index contributed by atoms with van der Waals surface area (Å²) in [6.07, 6.45) is 0. The van der Waals surface area contributed by atoms with Gasteiger partial charge in [-0.2, -0.15) is 4.31 Å². The summed E-state index contributed by atoms with van der Waals surface area (Å²) in [7, 11) is -3.82. The van der Waals surface area contributed by atoms with Crippen LogP contribution in [0.15, 0.2) is 45.8 Å². The number of hydrogen-bond acceptors (Lipinski definition) is 8. The summed E-state index contributed by atoms with van der Waals surface area (Å²) in [5, 5.41) is 2.65. The molecule has 1 fully saturated rings. The minimum atomic E-state index is -3.82. The number of morpholine rings is 1. The Bertz CT molecular complexity index is 1160. The maximum absolute atomic E-state index is 12.9. The molecule has 0 bridgehead atoms. The molecular formula is C21H21BrN2O8S. The molecule has 10 nitrogen and oxygen atoms in total. The number of carbonyl (C=O) groups excluding carboxylic acids is 2. The Kier molecular flexibility index (Phi) is 7.17. The highest BCUT2D eigenvalue weighted by molar-refractivity contribution is 9.10. The van der Waals surface area contributed by atoms with Crippen molar-refractivity contribution in [2.24, 2.45) is 0 Å². The first kappa shape index (κ1) is 23.5. The number of sulfonamides is 1. The van der Waals surface area contributed by atoms with Crippen LogP contribution in [0.2, 0.25) is 0 Å². The molecule has 4 rings (SSSR count). The molecule has 2 aromatic rings. The first-order valence-electron chi connectivity index (χ1n) is 10.0. The Labute approximate surface area is 198 Å². The Balaban J connectivity index is 1.34. The molecule has 0 aromatic heterocycles. The second-order valence-electron chi connectivity index (χ2n) is 7.20. The molecule has 12 heteroatoms. The van der Waals surface area contributed by atoms with Gasteiger partial charge in [0.25, 0.3) is 5.91 Å². The van der Waals surface area contributed by atoms with Crippen molar-refractivity contribution in [1.82, 2.24) is 9.62 Å². The quantitative estimate of drug-likeness (QED) is 0.526. The van der Waals surface area contributed by atoms with Crippen LogP contribution in [0.3, 0.4) is 0 Å². The van der Waals surface area contributed by atoms with E-state index in [1.165, 1.54) is 22.5 Å². The predicted molar refractivity (Wildman–Crippen MR) is 118 cm³/mol. The number of ether oxygens (including phenoxy) is 4. The van der Waals surface area contributed by atoms with Crippen LogP contribution in [0.25, 0.3) is 0 Å². The van der Waals surface area contributed by atoms with Crippen LogP contribution < -0.4 is 14.8 Å². The number of esters is 1. The molecule has 2 aromatic carbocycles. The highest BCUT2D eigenvalue weighted by atomic mass is 79.9. The van der Waals surface area contributed by atoms with Crippen LogP contribution in [0.4, 0.5) is 0 Å². The van der Waals surface area contributed by atoms with Gasteiger partial charge in [0.15, 0.2) is 18.1 Å². The molecule has 2 heterocycles. The second kappa shape index (κ2) is 10.1. The van der Waals surface area contributed by atoms with E-state index in [1.807, 2.05) is 0 Å². The maximum atomic E-state index is 12.9. The van der Waals surface area contributed by atoms with E-state index in [-0.39, 0.29) is 36.9 Å². The van der Waals surface area contributed by atoms with E-state index < -0.39 is 28.5 Å². The van der Waals surface area contributed by atoms with Crippen LogP contribution in [-0.2, 0) is 30.8 Å². The molecule has 0 spiro atoms. The number of benzene rings is 2. The van der Waals surface area contributed by atoms with Crippen molar-refractivity contribution in [2.45, 2.75) is 11.4 Å². The van der Waals surface area contributed by atoms with Crippen molar-refractivity contribution in [2.75, 3.05) is 39.7 Å². The normalized spacial score (nSPS) is 15.8. The third-order valence-electron chi connectivity index (χ3n) is 5.02. The monoisotopic (exact) mass is 540 g/mol. The van der Waals surface area contributed by atoms with E-state index in [1.54, 1.807) is 18.2 Å². The highest BCUT2D eigenvalue weighted by Crippen LogP contribution is 2.32. The van der Waals surface area contributed by atoms with Crippen molar-refractivity contribution < 1.29 is 37.0 Å². The molecule has 1 N–H and O–H groups in total. The topological polar surface area (TPSA) is 120 Å². The van der Waals surface area contributed by atoms with Gasteiger partial charge in [-0.05, 0) is 51.8 Å². The first-order chi connectivity index (χ1) is 15.8. The van der Waals surface area contributed by atoms with E-state index in [4.69, 9.17) is 18.9 Å². The molecule has 1 saturated heterocycles. The van der Waals surface area contributed by atoms with Crippen molar-refractivity contribution in [1.29, 1.82) is 0 Å². The van der Waals surface area contributed by atoms with E-state index in [2.05, 4.69) is 21.2 Å². The van der Waals surface area contributed by atoms with Gasteiger partial charge in [0, 0.05) is 24.1 Å². The van der Waals surface area contributed by atoms with Crippen molar-refractivity contribution >= 4 is 37.8 Å². The highest BCUT2D eigenvalue weighted by Gasteiger charge is 2.29. The third kappa shape index (κ3) is 5.46. The zero-order chi connectivity index (χ0) is 23.4. The van der Waals surface area contributed by atoms with Crippen molar-refractivity contribution in [3.8, 4) is 11.5 Å². The van der Waals surface area contributed by atoms with Crippen LogP contribution in [-0.4, -0.2) is 64.3 Å². The summed E-state index contributed by atoms with van der Waals surface area (Å²) in [6.45, 7) is 0.935. The third-order valence-corrected chi connectivity index (χ3v) is 7.91. The van der Waals surface area contributed by atoms with Crippen LogP contribution >= 0.6 is 15.9 Å². The molecular weight excluding hydrogens is 520 g/mol. The minimum absolute atomic E-state index is 0.0219. The Morgan fingerprint density at radius 3 is 2.61 bits per heavy atom. The van der Waals surface area contributed by atoms with Crippen LogP contribution in [0.5, 0.6) is 11.5 Å². The van der Waals surface area contributed by atoms with Gasteiger partial charge < -0.3 is 24.3 Å². The summed E-state index contributed by atoms with van der Waals surface area (Å²) in [4.78, 5) is 24.5. The van der Waals surface area contributed by atoms with Crippen molar-refractivity contribution in [3.63, 3.8) is 0 Å². The molecule has 2 aliphatic rings. The number of carbonyl (C=O) groups is 2. The van der Waals surface area contributed by atoms with Crippen molar-refractivity contribution in [3.05, 3.63) is 52.0 Å². The van der Waals surface area contributed by atoms with Gasteiger partial charge in [-0.25, -0.2) is 13.2 Å². The molecule has 2 aliphatic heterocycles. The SMILES string of the molecule is O=C(COC(=O)c1ccc(Br)c(S(=O)(=O)N2CCOCC2)c1)NCc1ccc2c(c1)OCO2. The van der Waals surface area contributed by atoms with Gasteiger partial charge in [-0.1, -0.05) is 6.07 Å². The number of rotatable bonds is 7. The number of amides is 1. The van der Waals surface area contributed by atoms with Gasteiger partial charge in [0.2, 0.25) is 16.8 Å². The van der Waals surface area contributed by atoms with E-state index >= 15 is 0 Å². The second-order valence-corrected chi connectivity index (χ2v) is 9.96. The standard InChI is InChI=1S/C21H21BrN2O8S/c22-16-3-2-15(10-19(16)33(27,28)24-5-7-29-8-6-24)21(26)30-12-20(25)23-11-14-1-4-17-18(9-14)32-13-31-17/h1-4,9-10H,5-8,11-13H2,(H,23,25). The van der Waals surface area contributed by atoms with Gasteiger partial charge in [0.05, 0.1) is 23.7 Å². The van der Waals surface area contributed by atoms with Gasteiger partial charge in [-0.3, -0.25) is 4.79 Å². The molecule has 176 valence electrons. The molecule has 1 amide bonds. The van der Waals surface area contributed by atoms with E-state index in [0.29, 0.717) is 29.2 Å². The lowest BCUT2D eigenvalue weighted by molar-refractivity contribution is -0.124. The van der Waals surface area contributed by atoms with Gasteiger partial charge >= 0.3 is 5.97 Å². The van der Waals surface area contributed by atoms with Gasteiger partial charge in [0.1, 0.15) is 0 Å². The summed E-state index contributed by atoms with van der Waals surface area (Å²) in [6, 6.07) is 9.42. The largest absolute Gasteiger partial charge is 0.454 e. The molecule has 0 saturated carbocycles. The summed E-state index contributed by atoms with van der Waals surface area (Å²) >= 11 is 3.24. The molecule has 33 heavy (non-hydrogen) atoms. The lowest BCUT2D eigenvalue weighted by atomic mass is 10.2. The van der Waals surface area contributed by atoms with Crippen LogP contribution in [0, 0.1) is 0 Å². The number of fused-ring (bicyclic) bond motifs is 1. The smallest absolute Gasteiger partial charge is 0.338 e. The van der Waals surface area contributed by atoms with E-state index in [9.17, 15) is 18.0 Å². The Morgan fingerprint density at radius 1 is 1.06 bits per heavy atom. The zero-order valence-electron chi connectivity index (χ0n) is 17.4. The number of nitrogens with zero attached hydrogens (tertiary/aromatic N) is 1. The lowest BCUT2D eigenvalue weighted by Crippen LogP contribution is -2.40. The predicted octanol–water partition coefficient (Wildman–Crippen LogP) is 1.67. The lowest BCUT2D eigenvalue weighted by Gasteiger charge is -2.26. The summed E-state index contributed by atoms with van der Waals surface area (Å²) < 4.78 is 48.3. The minimum Gasteiger partial charge on any atom is -0.454 e. The Hall–Kier alpha value is -2.67. The molecule has 0 atom stereocenters. The number of hydrogen-bond donors (Lipinski definition) is 1. The van der Waals surface area contributed by atoms with E-state index in [0.717, 1.165) is 5.56 Å². The summed E-state index contributed by atoms with van der Waals surface area (Å²) in [5.74, 6) is -0.0618. The molecule has 0 unspecified atom stereocenters. The average Bonchev–Trinajstić information content (AvgIpc) is 3.30. The number of nitrogens with one attached hydrogen (secondary N) is 1. The molecule has 0 radical (unpaired) electrons. The van der Waals surface area contributed by atoms with Crippen LogP contribution in [0.1, 0.15) is 15.9 Å². The average molecular weight is 541 g/mol. The number of halogens is 1. The van der Waals surface area contributed by atoms with Gasteiger partial charge in [-0.15, -0.1) is 0 Å². The Morgan fingerprint density at radius 2 is 1.82 bits per heavy atom. The summed E-state index contributed by atoms with van der Waals surface area (Å²) in [5.41, 5.74) is 0.818. The zero-order valence-corrected chi connectivity index (χ0v) is 19.8. The fourth-order valence-corrected chi connectivity index (χ4v) is 5.63. The first-order valence-corrected chi connectivity index (χ1v) is 12.3.